The highest BCUT2D eigenvalue weighted by Crippen LogP contribution is 2.28. The van der Waals surface area contributed by atoms with Crippen molar-refractivity contribution < 1.29 is 13.6 Å². The van der Waals surface area contributed by atoms with Crippen LogP contribution in [0.3, 0.4) is 0 Å². The number of furan rings is 1. The molecule has 0 radical (unpaired) electrons. The molecule has 10 heteroatoms. The maximum absolute atomic E-state index is 12.2. The number of rotatable bonds is 5. The zero-order valence-electron chi connectivity index (χ0n) is 12.2. The van der Waals surface area contributed by atoms with Gasteiger partial charge in [0, 0.05) is 6.20 Å². The normalized spacial score (nSPS) is 12.1. The topological polar surface area (TPSA) is 94.0 Å². The molecule has 1 atom stereocenters. The first kappa shape index (κ1) is 16.8. The molecular formula is C14H10Cl2N4O3S. The highest BCUT2D eigenvalue weighted by atomic mass is 35.5. The maximum atomic E-state index is 12.2. The van der Waals surface area contributed by atoms with E-state index in [1.54, 1.807) is 19.1 Å². The first-order valence-corrected chi connectivity index (χ1v) is 8.32. The maximum Gasteiger partial charge on any atom is 0.284 e. The SMILES string of the molecule is C[C@H](Sc1nnc(-c2ccco2)o1)C(=O)Nc1ncc(Cl)cc1Cl. The molecule has 0 saturated carbocycles. The summed E-state index contributed by atoms with van der Waals surface area (Å²) in [5.41, 5.74) is 0. The first-order valence-electron chi connectivity index (χ1n) is 6.69. The predicted molar refractivity (Wildman–Crippen MR) is 90.2 cm³/mol. The van der Waals surface area contributed by atoms with Crippen LogP contribution in [0.2, 0.25) is 10.0 Å². The fraction of sp³-hybridized carbons (Fsp3) is 0.143. The number of pyridine rings is 1. The zero-order valence-corrected chi connectivity index (χ0v) is 14.5. The average Bonchev–Trinajstić information content (AvgIpc) is 3.20. The van der Waals surface area contributed by atoms with Crippen LogP contribution in [0.25, 0.3) is 11.7 Å². The van der Waals surface area contributed by atoms with E-state index in [2.05, 4.69) is 20.5 Å². The molecule has 0 unspecified atom stereocenters. The van der Waals surface area contributed by atoms with Gasteiger partial charge in [-0.15, -0.1) is 10.2 Å². The molecule has 0 aliphatic heterocycles. The van der Waals surface area contributed by atoms with Crippen molar-refractivity contribution in [3.05, 3.63) is 40.7 Å². The number of aromatic nitrogens is 3. The lowest BCUT2D eigenvalue weighted by Crippen LogP contribution is -2.23. The summed E-state index contributed by atoms with van der Waals surface area (Å²) in [6.45, 7) is 1.70. The lowest BCUT2D eigenvalue weighted by Gasteiger charge is -2.10. The van der Waals surface area contributed by atoms with Crippen LogP contribution < -0.4 is 5.32 Å². The summed E-state index contributed by atoms with van der Waals surface area (Å²) < 4.78 is 10.6. The molecule has 0 fully saturated rings. The smallest absolute Gasteiger partial charge is 0.284 e. The van der Waals surface area contributed by atoms with Gasteiger partial charge in [-0.1, -0.05) is 35.0 Å². The number of hydrogen-bond acceptors (Lipinski definition) is 7. The van der Waals surface area contributed by atoms with Gasteiger partial charge >= 0.3 is 0 Å². The van der Waals surface area contributed by atoms with Crippen molar-refractivity contribution in [2.45, 2.75) is 17.4 Å². The average molecular weight is 385 g/mol. The molecule has 3 heterocycles. The molecule has 3 aromatic heterocycles. The fourth-order valence-corrected chi connectivity index (χ4v) is 2.80. The van der Waals surface area contributed by atoms with Gasteiger partial charge in [-0.05, 0) is 25.1 Å². The van der Waals surface area contributed by atoms with Gasteiger partial charge in [-0.2, -0.15) is 0 Å². The van der Waals surface area contributed by atoms with E-state index in [1.165, 1.54) is 18.5 Å². The van der Waals surface area contributed by atoms with Gasteiger partial charge < -0.3 is 14.2 Å². The minimum absolute atomic E-state index is 0.236. The first-order chi connectivity index (χ1) is 11.5. The van der Waals surface area contributed by atoms with E-state index in [9.17, 15) is 4.79 Å². The van der Waals surface area contributed by atoms with Gasteiger partial charge in [0.2, 0.25) is 5.91 Å². The van der Waals surface area contributed by atoms with E-state index in [1.807, 2.05) is 0 Å². The number of hydrogen-bond donors (Lipinski definition) is 1. The van der Waals surface area contributed by atoms with Crippen molar-refractivity contribution in [1.82, 2.24) is 15.2 Å². The van der Waals surface area contributed by atoms with E-state index in [0.717, 1.165) is 11.8 Å². The third-order valence-corrected chi connectivity index (χ3v) is 4.26. The summed E-state index contributed by atoms with van der Waals surface area (Å²) >= 11 is 12.9. The minimum atomic E-state index is -0.511. The largest absolute Gasteiger partial charge is 0.459 e. The number of amides is 1. The number of halogens is 2. The highest BCUT2D eigenvalue weighted by Gasteiger charge is 2.20. The van der Waals surface area contributed by atoms with Gasteiger partial charge in [0.25, 0.3) is 11.1 Å². The Bertz CT molecular complexity index is 854. The Hall–Kier alpha value is -2.03. The second-order valence-electron chi connectivity index (χ2n) is 4.58. The summed E-state index contributed by atoms with van der Waals surface area (Å²) in [6.07, 6.45) is 2.90. The summed E-state index contributed by atoms with van der Waals surface area (Å²) in [6, 6.07) is 4.91. The Labute approximate surface area is 150 Å². The Balaban J connectivity index is 1.64. The van der Waals surface area contributed by atoms with Gasteiger partial charge in [0.15, 0.2) is 11.6 Å². The van der Waals surface area contributed by atoms with Crippen LogP contribution in [0.15, 0.2) is 44.7 Å². The predicted octanol–water partition coefficient (Wildman–Crippen LogP) is 4.15. The zero-order chi connectivity index (χ0) is 17.1. The van der Waals surface area contributed by atoms with Gasteiger partial charge in [0.1, 0.15) is 0 Å². The molecule has 0 aliphatic rings. The van der Waals surface area contributed by atoms with Crippen LogP contribution in [0.5, 0.6) is 0 Å². The number of nitrogens with one attached hydrogen (secondary N) is 1. The lowest BCUT2D eigenvalue weighted by atomic mass is 10.4. The van der Waals surface area contributed by atoms with Gasteiger partial charge in [-0.3, -0.25) is 4.79 Å². The monoisotopic (exact) mass is 384 g/mol. The quantitative estimate of drug-likeness (QED) is 0.660. The number of carbonyl (C=O) groups is 1. The molecule has 0 saturated heterocycles. The summed E-state index contributed by atoms with van der Waals surface area (Å²) in [5, 5.41) is 10.7. The van der Waals surface area contributed by atoms with Crippen LogP contribution in [0, 0.1) is 0 Å². The third kappa shape index (κ3) is 3.89. The Morgan fingerprint density at radius 2 is 2.21 bits per heavy atom. The molecule has 24 heavy (non-hydrogen) atoms. The van der Waals surface area contributed by atoms with Crippen LogP contribution >= 0.6 is 35.0 Å². The Morgan fingerprint density at radius 3 is 2.92 bits per heavy atom. The van der Waals surface area contributed by atoms with Crippen molar-refractivity contribution in [2.75, 3.05) is 5.32 Å². The molecule has 0 aliphatic carbocycles. The van der Waals surface area contributed by atoms with Crippen molar-refractivity contribution >= 4 is 46.7 Å². The Morgan fingerprint density at radius 1 is 1.38 bits per heavy atom. The second-order valence-corrected chi connectivity index (χ2v) is 6.72. The molecule has 7 nitrogen and oxygen atoms in total. The Kier molecular flexibility index (Phi) is 5.08. The number of nitrogens with zero attached hydrogens (tertiary/aromatic N) is 3. The molecule has 0 aromatic carbocycles. The lowest BCUT2D eigenvalue weighted by molar-refractivity contribution is -0.115. The van der Waals surface area contributed by atoms with Crippen LogP contribution in [0.4, 0.5) is 5.82 Å². The molecule has 0 spiro atoms. The molecule has 124 valence electrons. The second kappa shape index (κ2) is 7.25. The van der Waals surface area contributed by atoms with Crippen molar-refractivity contribution in [2.24, 2.45) is 0 Å². The molecule has 3 rings (SSSR count). The van der Waals surface area contributed by atoms with Crippen molar-refractivity contribution in [3.63, 3.8) is 0 Å². The third-order valence-electron chi connectivity index (χ3n) is 2.83. The van der Waals surface area contributed by atoms with Gasteiger partial charge in [-0.25, -0.2) is 4.98 Å². The van der Waals surface area contributed by atoms with Crippen molar-refractivity contribution in [3.8, 4) is 11.7 Å². The summed E-state index contributed by atoms with van der Waals surface area (Å²) in [5.74, 6) is 0.635. The van der Waals surface area contributed by atoms with Crippen LogP contribution in [0.1, 0.15) is 6.92 Å². The summed E-state index contributed by atoms with van der Waals surface area (Å²) in [7, 11) is 0. The molecule has 3 aromatic rings. The molecule has 0 bridgehead atoms. The van der Waals surface area contributed by atoms with Crippen LogP contribution in [-0.2, 0) is 4.79 Å². The van der Waals surface area contributed by atoms with E-state index < -0.39 is 5.25 Å². The number of thioether (sulfide) groups is 1. The number of anilines is 1. The van der Waals surface area contributed by atoms with E-state index in [0.29, 0.717) is 10.8 Å². The molecule has 1 N–H and O–H groups in total. The van der Waals surface area contributed by atoms with E-state index in [-0.39, 0.29) is 27.9 Å². The number of carbonyl (C=O) groups excluding carboxylic acids is 1. The fourth-order valence-electron chi connectivity index (χ4n) is 1.69. The summed E-state index contributed by atoms with van der Waals surface area (Å²) in [4.78, 5) is 16.2. The van der Waals surface area contributed by atoms with E-state index in [4.69, 9.17) is 32.0 Å². The van der Waals surface area contributed by atoms with Crippen molar-refractivity contribution in [1.29, 1.82) is 0 Å². The standard InChI is InChI=1S/C14H10Cl2N4O3S/c1-7(12(21)18-11-9(16)5-8(15)6-17-11)24-14-20-19-13(23-14)10-3-2-4-22-10/h2-7H,1H3,(H,17,18,21)/t7-/m0/s1. The van der Waals surface area contributed by atoms with Gasteiger partial charge in [0.05, 0.1) is 21.6 Å². The van der Waals surface area contributed by atoms with Crippen LogP contribution in [-0.4, -0.2) is 26.3 Å². The highest BCUT2D eigenvalue weighted by molar-refractivity contribution is 8.00. The molecular weight excluding hydrogens is 375 g/mol. The minimum Gasteiger partial charge on any atom is -0.459 e. The molecule has 1 amide bonds. The van der Waals surface area contributed by atoms with E-state index >= 15 is 0 Å².